The molecule has 1 aromatic rings. The Kier molecular flexibility index (Phi) is 8.06. The van der Waals surface area contributed by atoms with Crippen molar-refractivity contribution in [2.75, 3.05) is 13.7 Å². The van der Waals surface area contributed by atoms with Gasteiger partial charge in [-0.2, -0.15) is 0 Å². The van der Waals surface area contributed by atoms with Crippen molar-refractivity contribution in [1.82, 2.24) is 5.32 Å². The first-order valence-electron chi connectivity index (χ1n) is 7.58. The Morgan fingerprint density at radius 1 is 1.22 bits per heavy atom. The van der Waals surface area contributed by atoms with E-state index in [0.29, 0.717) is 23.1 Å². The van der Waals surface area contributed by atoms with E-state index >= 15 is 0 Å². The molecule has 2 unspecified atom stereocenters. The molecule has 0 saturated heterocycles. The maximum absolute atomic E-state index is 12.3. The third kappa shape index (κ3) is 6.59. The van der Waals surface area contributed by atoms with Crippen molar-refractivity contribution >= 4 is 23.5 Å². The minimum absolute atomic E-state index is 0.00285. The van der Waals surface area contributed by atoms with Crippen LogP contribution in [-0.2, 0) is 19.1 Å². The predicted molar refractivity (Wildman–Crippen MR) is 89.2 cm³/mol. The topological polar surface area (TPSA) is 64.6 Å². The molecule has 0 aliphatic heterocycles. The number of rotatable bonds is 8. The van der Waals surface area contributed by atoms with Gasteiger partial charge >= 0.3 is 5.97 Å². The average molecular weight is 342 g/mol. The van der Waals surface area contributed by atoms with Gasteiger partial charge in [0, 0.05) is 11.6 Å². The zero-order valence-electron chi connectivity index (χ0n) is 14.0. The number of carbonyl (C=O) groups excluding carboxylic acids is 2. The largest absolute Gasteiger partial charge is 0.469 e. The lowest BCUT2D eigenvalue weighted by atomic mass is 10.0. The summed E-state index contributed by atoms with van der Waals surface area (Å²) in [5.74, 6) is -0.384. The molecular formula is C17H24ClNO4. The van der Waals surface area contributed by atoms with Gasteiger partial charge in [0.2, 0.25) is 5.91 Å². The first kappa shape index (κ1) is 19.5. The van der Waals surface area contributed by atoms with Crippen molar-refractivity contribution in [1.29, 1.82) is 0 Å². The summed E-state index contributed by atoms with van der Waals surface area (Å²) in [6.45, 7) is 6.19. The molecule has 0 aromatic heterocycles. The van der Waals surface area contributed by atoms with Crippen LogP contribution in [0, 0.1) is 5.92 Å². The van der Waals surface area contributed by atoms with E-state index in [1.165, 1.54) is 7.11 Å². The van der Waals surface area contributed by atoms with Crippen molar-refractivity contribution in [2.24, 2.45) is 5.92 Å². The Hall–Kier alpha value is -1.59. The summed E-state index contributed by atoms with van der Waals surface area (Å²) in [6, 6.07) is 6.52. The highest BCUT2D eigenvalue weighted by atomic mass is 35.5. The highest BCUT2D eigenvalue weighted by molar-refractivity contribution is 6.31. The van der Waals surface area contributed by atoms with Crippen LogP contribution in [0.2, 0.25) is 5.02 Å². The Morgan fingerprint density at radius 2 is 1.87 bits per heavy atom. The summed E-state index contributed by atoms with van der Waals surface area (Å²) in [5, 5.41) is 3.30. The number of hydrogen-bond acceptors (Lipinski definition) is 4. The number of methoxy groups -OCH3 is 1. The van der Waals surface area contributed by atoms with Crippen LogP contribution in [0.3, 0.4) is 0 Å². The quantitative estimate of drug-likeness (QED) is 0.738. The molecule has 0 saturated carbocycles. The third-order valence-electron chi connectivity index (χ3n) is 3.24. The number of nitrogens with one attached hydrogen (secondary N) is 1. The average Bonchev–Trinajstić information content (AvgIpc) is 2.52. The molecule has 0 radical (unpaired) electrons. The van der Waals surface area contributed by atoms with E-state index in [4.69, 9.17) is 21.1 Å². The van der Waals surface area contributed by atoms with Crippen molar-refractivity contribution < 1.29 is 19.1 Å². The minimum Gasteiger partial charge on any atom is -0.469 e. The molecule has 1 N–H and O–H groups in total. The van der Waals surface area contributed by atoms with E-state index in [1.54, 1.807) is 31.2 Å². The first-order chi connectivity index (χ1) is 10.8. The highest BCUT2D eigenvalue weighted by Crippen LogP contribution is 2.25. The van der Waals surface area contributed by atoms with Crippen LogP contribution in [0.25, 0.3) is 0 Å². The van der Waals surface area contributed by atoms with Gasteiger partial charge in [-0.25, -0.2) is 0 Å². The summed E-state index contributed by atoms with van der Waals surface area (Å²) in [4.78, 5) is 23.9. The number of amides is 1. The molecule has 0 aliphatic rings. The number of carbonyl (C=O) groups is 2. The van der Waals surface area contributed by atoms with Gasteiger partial charge in [0.1, 0.15) is 6.10 Å². The maximum Gasteiger partial charge on any atom is 0.307 e. The number of hydrogen-bond donors (Lipinski definition) is 1. The SMILES string of the molecule is COC(=O)CC(NC(=O)C(C)OCC(C)C)c1ccccc1Cl. The second kappa shape index (κ2) is 9.53. The van der Waals surface area contributed by atoms with E-state index in [9.17, 15) is 9.59 Å². The number of ether oxygens (including phenoxy) is 2. The summed E-state index contributed by atoms with van der Waals surface area (Å²) in [6.07, 6.45) is -0.608. The van der Waals surface area contributed by atoms with E-state index in [2.05, 4.69) is 5.32 Å². The van der Waals surface area contributed by atoms with Gasteiger partial charge in [-0.1, -0.05) is 43.6 Å². The zero-order chi connectivity index (χ0) is 17.4. The number of esters is 1. The van der Waals surface area contributed by atoms with Crippen LogP contribution in [0.1, 0.15) is 38.8 Å². The highest BCUT2D eigenvalue weighted by Gasteiger charge is 2.23. The Labute approximate surface area is 142 Å². The van der Waals surface area contributed by atoms with Gasteiger partial charge in [0.05, 0.1) is 19.6 Å². The van der Waals surface area contributed by atoms with Crippen LogP contribution < -0.4 is 5.32 Å². The van der Waals surface area contributed by atoms with Crippen molar-refractivity contribution in [3.05, 3.63) is 34.9 Å². The van der Waals surface area contributed by atoms with Crippen molar-refractivity contribution in [2.45, 2.75) is 39.3 Å². The molecule has 128 valence electrons. The van der Waals surface area contributed by atoms with Gasteiger partial charge < -0.3 is 14.8 Å². The normalized spacial score (nSPS) is 13.5. The predicted octanol–water partition coefficient (Wildman–Crippen LogP) is 3.12. The molecule has 0 bridgehead atoms. The second-order valence-electron chi connectivity index (χ2n) is 5.73. The Balaban J connectivity index is 2.83. The summed E-state index contributed by atoms with van der Waals surface area (Å²) < 4.78 is 10.2. The fourth-order valence-corrected chi connectivity index (χ4v) is 2.22. The molecule has 0 spiro atoms. The first-order valence-corrected chi connectivity index (χ1v) is 7.96. The maximum atomic E-state index is 12.3. The Bertz CT molecular complexity index is 533. The van der Waals surface area contributed by atoms with Gasteiger partial charge in [0.15, 0.2) is 0 Å². The van der Waals surface area contributed by atoms with E-state index in [-0.39, 0.29) is 12.3 Å². The van der Waals surface area contributed by atoms with Crippen LogP contribution in [0.5, 0.6) is 0 Å². The lowest BCUT2D eigenvalue weighted by Gasteiger charge is -2.22. The lowest BCUT2D eigenvalue weighted by Crippen LogP contribution is -2.38. The van der Waals surface area contributed by atoms with Crippen LogP contribution in [0.4, 0.5) is 0 Å². The molecule has 23 heavy (non-hydrogen) atoms. The third-order valence-corrected chi connectivity index (χ3v) is 3.59. The van der Waals surface area contributed by atoms with E-state index in [0.717, 1.165) is 0 Å². The monoisotopic (exact) mass is 341 g/mol. The standard InChI is InChI=1S/C17H24ClNO4/c1-11(2)10-23-12(3)17(21)19-15(9-16(20)22-4)13-7-5-6-8-14(13)18/h5-8,11-12,15H,9-10H2,1-4H3,(H,19,21). The summed E-state index contributed by atoms with van der Waals surface area (Å²) >= 11 is 6.18. The van der Waals surface area contributed by atoms with Crippen LogP contribution in [0.15, 0.2) is 24.3 Å². The molecule has 1 aromatic carbocycles. The van der Waals surface area contributed by atoms with Crippen molar-refractivity contribution in [3.8, 4) is 0 Å². The number of halogens is 1. The van der Waals surface area contributed by atoms with Gasteiger partial charge in [-0.05, 0) is 24.5 Å². The number of benzene rings is 1. The zero-order valence-corrected chi connectivity index (χ0v) is 14.7. The molecular weight excluding hydrogens is 318 g/mol. The van der Waals surface area contributed by atoms with E-state index in [1.807, 2.05) is 13.8 Å². The van der Waals surface area contributed by atoms with Gasteiger partial charge in [0.25, 0.3) is 0 Å². The Morgan fingerprint density at radius 3 is 2.43 bits per heavy atom. The summed E-state index contributed by atoms with van der Waals surface area (Å²) in [5.41, 5.74) is 0.670. The molecule has 6 heteroatoms. The van der Waals surface area contributed by atoms with Crippen LogP contribution >= 0.6 is 11.6 Å². The van der Waals surface area contributed by atoms with E-state index < -0.39 is 18.1 Å². The molecule has 0 aliphatic carbocycles. The molecule has 1 rings (SSSR count). The second-order valence-corrected chi connectivity index (χ2v) is 6.14. The fourth-order valence-electron chi connectivity index (χ4n) is 1.95. The molecule has 0 heterocycles. The van der Waals surface area contributed by atoms with Crippen LogP contribution in [-0.4, -0.2) is 31.7 Å². The minimum atomic E-state index is -0.611. The lowest BCUT2D eigenvalue weighted by molar-refractivity contribution is -0.141. The smallest absolute Gasteiger partial charge is 0.307 e. The van der Waals surface area contributed by atoms with Gasteiger partial charge in [-0.15, -0.1) is 0 Å². The molecule has 0 fully saturated rings. The molecule has 1 amide bonds. The molecule has 5 nitrogen and oxygen atoms in total. The van der Waals surface area contributed by atoms with Crippen molar-refractivity contribution in [3.63, 3.8) is 0 Å². The fraction of sp³-hybridized carbons (Fsp3) is 0.529. The summed E-state index contributed by atoms with van der Waals surface area (Å²) in [7, 11) is 1.31. The van der Waals surface area contributed by atoms with Gasteiger partial charge in [-0.3, -0.25) is 9.59 Å². The molecule has 2 atom stereocenters.